The molecule has 4 rings (SSSR count). The van der Waals surface area contributed by atoms with Gasteiger partial charge in [-0.3, -0.25) is 4.79 Å². The number of imidazole rings is 1. The Labute approximate surface area is 214 Å². The first-order chi connectivity index (χ1) is 17.3. The minimum Gasteiger partial charge on any atom is -0.389 e. The van der Waals surface area contributed by atoms with Crippen molar-refractivity contribution in [2.75, 3.05) is 18.4 Å². The van der Waals surface area contributed by atoms with Crippen LogP contribution in [0, 0.1) is 5.82 Å². The summed E-state index contributed by atoms with van der Waals surface area (Å²) in [6, 6.07) is 0.200. The fourth-order valence-electron chi connectivity index (χ4n) is 4.20. The van der Waals surface area contributed by atoms with E-state index in [0.29, 0.717) is 11.1 Å². The fourth-order valence-corrected chi connectivity index (χ4v) is 4.40. The van der Waals surface area contributed by atoms with E-state index in [2.05, 4.69) is 20.3 Å². The van der Waals surface area contributed by atoms with Gasteiger partial charge in [-0.1, -0.05) is 11.6 Å². The SMILES string of the molecule is CC(C)n1cnc2c(F)cc(-c3nc(N[C@@H]4CCN(C(=O)CC(N)C(F)(F)F)C[C@H]4O)ncc3Cl)cc21. The topological polar surface area (TPSA) is 122 Å². The normalized spacial score (nSPS) is 19.5. The largest absolute Gasteiger partial charge is 0.404 e. The first-order valence-corrected chi connectivity index (χ1v) is 12.0. The second-order valence-electron chi connectivity index (χ2n) is 9.26. The summed E-state index contributed by atoms with van der Waals surface area (Å²) in [5.41, 5.74) is 6.52. The summed E-state index contributed by atoms with van der Waals surface area (Å²) in [6.07, 6.45) is -3.54. The molecule has 200 valence electrons. The number of β-amino-alcohol motifs (C(OH)–C–C–N with tert-alkyl or cyclic N) is 1. The Morgan fingerprint density at radius 2 is 2.05 bits per heavy atom. The number of aliphatic hydroxyl groups is 1. The van der Waals surface area contributed by atoms with Crippen LogP contribution >= 0.6 is 11.6 Å². The summed E-state index contributed by atoms with van der Waals surface area (Å²) in [5, 5.41) is 13.7. The Balaban J connectivity index is 1.50. The maximum absolute atomic E-state index is 14.8. The molecule has 1 aliphatic rings. The summed E-state index contributed by atoms with van der Waals surface area (Å²) >= 11 is 6.33. The number of carbonyl (C=O) groups is 1. The van der Waals surface area contributed by atoms with Crippen LogP contribution in [0.5, 0.6) is 0 Å². The van der Waals surface area contributed by atoms with E-state index in [9.17, 15) is 27.5 Å². The van der Waals surface area contributed by atoms with E-state index in [4.69, 9.17) is 17.3 Å². The average molecular weight is 544 g/mol. The predicted octanol–water partition coefficient (Wildman–Crippen LogP) is 3.52. The van der Waals surface area contributed by atoms with Gasteiger partial charge in [0.1, 0.15) is 11.6 Å². The summed E-state index contributed by atoms with van der Waals surface area (Å²) in [5.74, 6) is -1.21. The molecule has 0 saturated carbocycles. The van der Waals surface area contributed by atoms with Crippen LogP contribution in [0.25, 0.3) is 22.3 Å². The zero-order chi connectivity index (χ0) is 27.1. The van der Waals surface area contributed by atoms with Crippen molar-refractivity contribution >= 4 is 34.5 Å². The second-order valence-corrected chi connectivity index (χ2v) is 9.67. The quantitative estimate of drug-likeness (QED) is 0.407. The highest BCUT2D eigenvalue weighted by molar-refractivity contribution is 6.33. The van der Waals surface area contributed by atoms with Crippen LogP contribution in [-0.2, 0) is 4.79 Å². The lowest BCUT2D eigenvalue weighted by Gasteiger charge is -2.36. The van der Waals surface area contributed by atoms with Gasteiger partial charge in [-0.15, -0.1) is 0 Å². The van der Waals surface area contributed by atoms with Gasteiger partial charge in [0.25, 0.3) is 0 Å². The van der Waals surface area contributed by atoms with E-state index in [1.807, 2.05) is 18.4 Å². The molecule has 0 bridgehead atoms. The van der Waals surface area contributed by atoms with Crippen molar-refractivity contribution in [1.29, 1.82) is 0 Å². The highest BCUT2D eigenvalue weighted by Gasteiger charge is 2.40. The van der Waals surface area contributed by atoms with Crippen molar-refractivity contribution in [3.8, 4) is 11.3 Å². The number of amides is 1. The molecule has 9 nitrogen and oxygen atoms in total. The highest BCUT2D eigenvalue weighted by atomic mass is 35.5. The third-order valence-electron chi connectivity index (χ3n) is 6.27. The lowest BCUT2D eigenvalue weighted by molar-refractivity contribution is -0.159. The maximum Gasteiger partial charge on any atom is 0.404 e. The summed E-state index contributed by atoms with van der Waals surface area (Å²) in [6.45, 7) is 3.82. The van der Waals surface area contributed by atoms with Gasteiger partial charge in [-0.25, -0.2) is 19.3 Å². The summed E-state index contributed by atoms with van der Waals surface area (Å²) in [7, 11) is 0. The van der Waals surface area contributed by atoms with Crippen LogP contribution < -0.4 is 11.1 Å². The van der Waals surface area contributed by atoms with E-state index in [-0.39, 0.29) is 47.7 Å². The Kier molecular flexibility index (Phi) is 7.58. The van der Waals surface area contributed by atoms with Gasteiger partial charge in [0.05, 0.1) is 47.3 Å². The van der Waals surface area contributed by atoms with E-state index < -0.39 is 42.5 Å². The number of nitrogens with zero attached hydrogens (tertiary/aromatic N) is 5. The molecule has 1 amide bonds. The number of anilines is 1. The molecular formula is C23H26ClF4N7O2. The number of benzene rings is 1. The van der Waals surface area contributed by atoms with Gasteiger partial charge in [0.15, 0.2) is 5.82 Å². The zero-order valence-electron chi connectivity index (χ0n) is 20.0. The fraction of sp³-hybridized carbons (Fsp3) is 0.478. The number of nitrogens with two attached hydrogens (primary N) is 1. The number of alkyl halides is 3. The number of likely N-dealkylation sites (tertiary alicyclic amines) is 1. The molecule has 0 spiro atoms. The predicted molar refractivity (Wildman–Crippen MR) is 129 cm³/mol. The van der Waals surface area contributed by atoms with Crippen molar-refractivity contribution in [3.05, 3.63) is 35.5 Å². The number of nitrogens with one attached hydrogen (secondary N) is 1. The van der Waals surface area contributed by atoms with E-state index in [1.54, 1.807) is 12.4 Å². The Hall–Kier alpha value is -3.03. The zero-order valence-corrected chi connectivity index (χ0v) is 20.8. The van der Waals surface area contributed by atoms with Crippen molar-refractivity contribution < 1.29 is 27.5 Å². The molecule has 1 saturated heterocycles. The van der Waals surface area contributed by atoms with Crippen molar-refractivity contribution in [2.45, 2.75) is 57.1 Å². The smallest absolute Gasteiger partial charge is 0.389 e. The molecule has 0 aliphatic carbocycles. The molecule has 3 atom stereocenters. The van der Waals surface area contributed by atoms with Crippen molar-refractivity contribution in [3.63, 3.8) is 0 Å². The molecule has 1 fully saturated rings. The number of hydrogen-bond acceptors (Lipinski definition) is 7. The standard InChI is InChI=1S/C23H26ClF4N7O2/c1-11(2)35-10-31-21-14(25)5-12(6-16(21)35)20-13(24)8-30-22(33-20)32-15-3-4-34(9-17(15)36)19(37)7-18(29)23(26,27)28/h5-6,8,10-11,15,17-18,36H,3-4,7,9,29H2,1-2H3,(H,30,32,33)/t15-,17-,18?/m1/s1. The number of aliphatic hydroxyl groups excluding tert-OH is 1. The van der Waals surface area contributed by atoms with Crippen LogP contribution in [0.3, 0.4) is 0 Å². The Morgan fingerprint density at radius 1 is 1.32 bits per heavy atom. The monoisotopic (exact) mass is 543 g/mol. The third-order valence-corrected chi connectivity index (χ3v) is 6.55. The van der Waals surface area contributed by atoms with Crippen LogP contribution in [0.4, 0.5) is 23.5 Å². The van der Waals surface area contributed by atoms with Gasteiger partial charge >= 0.3 is 6.18 Å². The Morgan fingerprint density at radius 3 is 2.70 bits per heavy atom. The molecular weight excluding hydrogens is 518 g/mol. The number of rotatable bonds is 6. The number of piperidine rings is 1. The van der Waals surface area contributed by atoms with Crippen LogP contribution in [0.2, 0.25) is 5.02 Å². The first-order valence-electron chi connectivity index (χ1n) is 11.6. The first kappa shape index (κ1) is 27.0. The molecule has 4 N–H and O–H groups in total. The van der Waals surface area contributed by atoms with Gasteiger partial charge in [-0.2, -0.15) is 13.2 Å². The van der Waals surface area contributed by atoms with Gasteiger partial charge < -0.3 is 25.6 Å². The molecule has 2 aromatic heterocycles. The lowest BCUT2D eigenvalue weighted by atomic mass is 10.0. The number of hydrogen-bond donors (Lipinski definition) is 3. The minimum atomic E-state index is -4.68. The highest BCUT2D eigenvalue weighted by Crippen LogP contribution is 2.32. The number of carbonyl (C=O) groups excluding carboxylic acids is 1. The number of fused-ring (bicyclic) bond motifs is 1. The molecule has 14 heteroatoms. The van der Waals surface area contributed by atoms with Crippen molar-refractivity contribution in [2.24, 2.45) is 5.73 Å². The van der Waals surface area contributed by atoms with Gasteiger partial charge in [-0.05, 0) is 32.4 Å². The van der Waals surface area contributed by atoms with Crippen LogP contribution in [0.15, 0.2) is 24.7 Å². The molecule has 37 heavy (non-hydrogen) atoms. The Bertz CT molecular complexity index is 1300. The molecule has 1 aliphatic heterocycles. The van der Waals surface area contributed by atoms with Gasteiger partial charge in [0.2, 0.25) is 11.9 Å². The molecule has 1 unspecified atom stereocenters. The van der Waals surface area contributed by atoms with Crippen LogP contribution in [0.1, 0.15) is 32.7 Å². The van der Waals surface area contributed by atoms with E-state index >= 15 is 0 Å². The minimum absolute atomic E-state index is 0.0428. The summed E-state index contributed by atoms with van der Waals surface area (Å²) < 4.78 is 54.6. The number of halogens is 5. The maximum atomic E-state index is 14.8. The average Bonchev–Trinajstić information content (AvgIpc) is 3.26. The molecule has 1 aromatic carbocycles. The van der Waals surface area contributed by atoms with E-state index in [1.165, 1.54) is 12.3 Å². The molecule has 3 heterocycles. The second kappa shape index (κ2) is 10.4. The lowest BCUT2D eigenvalue weighted by Crippen LogP contribution is -2.53. The van der Waals surface area contributed by atoms with Crippen molar-refractivity contribution in [1.82, 2.24) is 24.4 Å². The van der Waals surface area contributed by atoms with Crippen LogP contribution in [-0.4, -0.2) is 72.9 Å². The molecule has 3 aromatic rings. The third kappa shape index (κ3) is 5.78. The molecule has 0 radical (unpaired) electrons. The summed E-state index contributed by atoms with van der Waals surface area (Å²) in [4.78, 5) is 26.0. The number of aromatic nitrogens is 4. The van der Waals surface area contributed by atoms with E-state index in [0.717, 1.165) is 4.90 Å². The van der Waals surface area contributed by atoms with Gasteiger partial charge in [0, 0.05) is 24.7 Å².